The van der Waals surface area contributed by atoms with Crippen LogP contribution >= 0.6 is 0 Å². The van der Waals surface area contributed by atoms with E-state index >= 15 is 0 Å². The Morgan fingerprint density at radius 1 is 1.09 bits per heavy atom. The minimum absolute atomic E-state index is 0. The van der Waals surface area contributed by atoms with E-state index < -0.39 is 21.6 Å². The molecule has 0 saturated heterocycles. The molecule has 0 atom stereocenters. The van der Waals surface area contributed by atoms with Crippen LogP contribution in [0.4, 0.5) is 0 Å². The van der Waals surface area contributed by atoms with Crippen LogP contribution in [0.5, 0.6) is 0 Å². The summed E-state index contributed by atoms with van der Waals surface area (Å²) in [5.74, 6) is 0. The summed E-state index contributed by atoms with van der Waals surface area (Å²) in [6.45, 7) is 0. The van der Waals surface area contributed by atoms with Gasteiger partial charge in [0.25, 0.3) is 0 Å². The molecule has 0 aliphatic rings. The van der Waals surface area contributed by atoms with Crippen molar-refractivity contribution >= 4 is 11.4 Å². The van der Waals surface area contributed by atoms with Gasteiger partial charge < -0.3 is 9.11 Å². The molecular weight excluding hydrogens is 225 g/mol. The van der Waals surface area contributed by atoms with Crippen molar-refractivity contribution in [1.82, 2.24) is 0 Å². The molecule has 11 heavy (non-hydrogen) atoms. The molecule has 0 heterocycles. The normalized spacial score (nSPS) is 8.64. The molecular formula is HClNa2O7S. The first kappa shape index (κ1) is 23.2. The van der Waals surface area contributed by atoms with E-state index in [2.05, 4.69) is 0 Å². The van der Waals surface area contributed by atoms with Gasteiger partial charge in [-0.25, -0.2) is 0 Å². The molecule has 0 aromatic heterocycles. The van der Waals surface area contributed by atoms with E-state index in [4.69, 9.17) is 32.0 Å². The number of hydrogen-bond acceptors (Lipinski definition) is 7. The van der Waals surface area contributed by atoms with Crippen molar-refractivity contribution < 1.29 is 101 Å². The van der Waals surface area contributed by atoms with Gasteiger partial charge in [-0.05, 0) is 0 Å². The van der Waals surface area contributed by atoms with E-state index in [0.717, 1.165) is 0 Å². The Balaban J connectivity index is -0.0000000383. The van der Waals surface area contributed by atoms with Crippen LogP contribution in [0.1, 0.15) is 0 Å². The van der Waals surface area contributed by atoms with Gasteiger partial charge in [0.1, 0.15) is 0 Å². The Morgan fingerprint density at radius 2 is 1.09 bits per heavy atom. The van der Waals surface area contributed by atoms with Crippen LogP contribution in [0, 0.1) is 10.2 Å². The second-order valence-corrected chi connectivity index (χ2v) is 1.80. The van der Waals surface area contributed by atoms with Crippen molar-refractivity contribution in [3.05, 3.63) is 0 Å². The van der Waals surface area contributed by atoms with Gasteiger partial charge in [-0.15, -0.1) is 11.4 Å². The van der Waals surface area contributed by atoms with Crippen molar-refractivity contribution in [1.29, 1.82) is 0 Å². The summed E-state index contributed by atoms with van der Waals surface area (Å²) in [5.41, 5.74) is 0. The summed E-state index contributed by atoms with van der Waals surface area (Å²) >= 11 is -3.11. The molecule has 11 heteroatoms. The molecule has 0 fully saturated rings. The molecule has 1 N–H and O–H groups in total. The number of halogens is 1. The molecule has 0 aliphatic carbocycles. The van der Waals surface area contributed by atoms with Crippen molar-refractivity contribution in [2.45, 2.75) is 0 Å². The van der Waals surface area contributed by atoms with E-state index in [1.807, 2.05) is 0 Å². The fourth-order valence-electron chi connectivity index (χ4n) is 0. The predicted molar refractivity (Wildman–Crippen MR) is 11.9 cm³/mol. The van der Waals surface area contributed by atoms with Gasteiger partial charge in [0.2, 0.25) is 0 Å². The monoisotopic (exact) mass is 226 g/mol. The molecule has 0 bridgehead atoms. The first-order valence-corrected chi connectivity index (χ1v) is 3.40. The standard InChI is InChI=1S/ClHO4.2Na.H2O3S/c2-1(3,4)5;;;1-4(2)3/h(H,2,3,4,5);;;(H2,1,2,3)/q;2*+1;/p-2. The van der Waals surface area contributed by atoms with E-state index in [1.54, 1.807) is 0 Å². The maximum Gasteiger partial charge on any atom is 1.00 e. The average molecular weight is 227 g/mol. The fourth-order valence-corrected chi connectivity index (χ4v) is 0. The molecule has 0 spiro atoms. The zero-order valence-corrected chi connectivity index (χ0v) is 11.3. The molecule has 0 aromatic carbocycles. The van der Waals surface area contributed by atoms with E-state index in [1.165, 1.54) is 0 Å². The molecule has 58 valence electrons. The summed E-state index contributed by atoms with van der Waals surface area (Å²) in [6.07, 6.45) is 0. The topological polar surface area (TPSA) is 153 Å². The van der Waals surface area contributed by atoms with E-state index in [9.17, 15) is 0 Å². The second-order valence-electron chi connectivity index (χ2n) is 0.600. The zero-order chi connectivity index (χ0) is 8.08. The third-order valence-corrected chi connectivity index (χ3v) is 0. The Hall–Kier alpha value is 2.20. The summed E-state index contributed by atoms with van der Waals surface area (Å²) in [6, 6.07) is 0. The van der Waals surface area contributed by atoms with Crippen molar-refractivity contribution in [3.8, 4) is 0 Å². The van der Waals surface area contributed by atoms with Crippen molar-refractivity contribution in [3.63, 3.8) is 0 Å². The third-order valence-electron chi connectivity index (χ3n) is 0. The van der Waals surface area contributed by atoms with Crippen molar-refractivity contribution in [2.75, 3.05) is 0 Å². The minimum atomic E-state index is -4.69. The molecule has 0 aliphatic heterocycles. The molecule has 0 radical (unpaired) electrons. The Morgan fingerprint density at radius 3 is 1.09 bits per heavy atom. The Bertz CT molecular complexity index is 78.9. The maximum atomic E-state index is 8.60. The van der Waals surface area contributed by atoms with Gasteiger partial charge in [-0.1, -0.05) is 0 Å². The van der Waals surface area contributed by atoms with Crippen LogP contribution in [-0.4, -0.2) is 18.0 Å². The summed E-state index contributed by atoms with van der Waals surface area (Å²) in [5, 5.41) is 0. The molecule has 0 unspecified atom stereocenters. The maximum absolute atomic E-state index is 8.60. The number of rotatable bonds is 0. The van der Waals surface area contributed by atoms with Gasteiger partial charge in [0.15, 0.2) is 0 Å². The predicted octanol–water partition coefficient (Wildman–Crippen LogP) is -11.1. The van der Waals surface area contributed by atoms with Crippen LogP contribution in [0.2, 0.25) is 0 Å². The van der Waals surface area contributed by atoms with Crippen molar-refractivity contribution in [2.24, 2.45) is 0 Å². The van der Waals surface area contributed by atoms with Gasteiger partial charge in [-0.2, -0.15) is 14.0 Å². The first-order chi connectivity index (χ1) is 3.73. The second kappa shape index (κ2) is 12.2. The summed E-state index contributed by atoms with van der Waals surface area (Å²) in [7, 11) is -4.69. The van der Waals surface area contributed by atoms with E-state index in [0.29, 0.717) is 0 Å². The smallest absolute Gasteiger partial charge is 0.784 e. The largest absolute Gasteiger partial charge is 1.00 e. The van der Waals surface area contributed by atoms with Crippen LogP contribution in [-0.2, 0) is 11.4 Å². The first-order valence-electron chi connectivity index (χ1n) is 1.13. The summed E-state index contributed by atoms with van der Waals surface area (Å²) < 4.78 is 58.1. The van der Waals surface area contributed by atoms with Crippen LogP contribution < -0.4 is 73.1 Å². The zero-order valence-electron chi connectivity index (χ0n) is 5.68. The summed E-state index contributed by atoms with van der Waals surface area (Å²) in [4.78, 5) is 0. The number of hydrogen-bond donors (Lipinski definition) is 1. The van der Waals surface area contributed by atoms with Crippen LogP contribution in [0.15, 0.2) is 0 Å². The fraction of sp³-hybridized carbons (Fsp3) is 0. The molecule has 7 nitrogen and oxygen atoms in total. The molecule has 0 saturated carbocycles. The quantitative estimate of drug-likeness (QED) is 0.318. The Kier molecular flexibility index (Phi) is 25.7. The third kappa shape index (κ3) is 262. The van der Waals surface area contributed by atoms with Gasteiger partial charge >= 0.3 is 59.1 Å². The van der Waals surface area contributed by atoms with Crippen LogP contribution in [0.25, 0.3) is 0 Å². The van der Waals surface area contributed by atoms with Gasteiger partial charge in [0.05, 0.1) is 14.9 Å². The average Bonchev–Trinajstić information content (AvgIpc) is 1.19. The molecule has 0 rings (SSSR count). The van der Waals surface area contributed by atoms with E-state index in [-0.39, 0.29) is 59.1 Å². The molecule has 0 aromatic rings. The van der Waals surface area contributed by atoms with Gasteiger partial charge in [-0.3, -0.25) is 4.21 Å². The minimum Gasteiger partial charge on any atom is -0.784 e. The SMILES string of the molecule is O=S([O-])[O-].[Na+].[Na+].[O-][Cl+3]([O-])([O-])O. The molecule has 0 amide bonds. The Labute approximate surface area is 111 Å². The van der Waals surface area contributed by atoms with Gasteiger partial charge in [0, 0.05) is 0 Å². The van der Waals surface area contributed by atoms with Crippen LogP contribution in [0.3, 0.4) is 0 Å².